The minimum Gasteiger partial charge on any atom is -0.265 e. The summed E-state index contributed by atoms with van der Waals surface area (Å²) in [6.45, 7) is 7.10. The topological polar surface area (TPSA) is 17.8 Å². The van der Waals surface area contributed by atoms with Gasteiger partial charge in [-0.2, -0.15) is 5.10 Å². The summed E-state index contributed by atoms with van der Waals surface area (Å²) in [5, 5.41) is 4.45. The highest BCUT2D eigenvalue weighted by Crippen LogP contribution is 2.08. The van der Waals surface area contributed by atoms with E-state index in [9.17, 15) is 0 Å². The first-order chi connectivity index (χ1) is 7.15. The molecule has 78 valence electrons. The van der Waals surface area contributed by atoms with Crippen molar-refractivity contribution in [2.75, 3.05) is 0 Å². The Labute approximate surface area is 90.6 Å². The first-order valence-electron chi connectivity index (χ1n) is 5.22. The van der Waals surface area contributed by atoms with Crippen LogP contribution in [0.3, 0.4) is 0 Å². The van der Waals surface area contributed by atoms with Crippen LogP contribution in [0.25, 0.3) is 0 Å². The van der Waals surface area contributed by atoms with Gasteiger partial charge in [0.05, 0.1) is 12.2 Å². The lowest BCUT2D eigenvalue weighted by Crippen LogP contribution is -2.03. The maximum Gasteiger partial charge on any atom is 0.0662 e. The van der Waals surface area contributed by atoms with Gasteiger partial charge in [-0.15, -0.1) is 0 Å². The molecule has 2 heteroatoms. The fraction of sp³-hybridized carbons (Fsp3) is 0.308. The average molecular weight is 200 g/mol. The number of benzene rings is 1. The molecule has 1 aromatic carbocycles. The highest BCUT2D eigenvalue weighted by atomic mass is 15.3. The molecule has 0 aliphatic carbocycles. The van der Waals surface area contributed by atoms with Crippen LogP contribution in [0.1, 0.15) is 22.5 Å². The minimum absolute atomic E-state index is 0.862. The molecule has 15 heavy (non-hydrogen) atoms. The third-order valence-electron chi connectivity index (χ3n) is 2.52. The van der Waals surface area contributed by atoms with E-state index in [1.54, 1.807) is 0 Å². The van der Waals surface area contributed by atoms with Gasteiger partial charge in [0.1, 0.15) is 0 Å². The van der Waals surface area contributed by atoms with Crippen molar-refractivity contribution >= 4 is 0 Å². The third kappa shape index (κ3) is 2.27. The fourth-order valence-corrected chi connectivity index (χ4v) is 1.82. The molecule has 2 aromatic rings. The molecule has 0 bridgehead atoms. The predicted octanol–water partition coefficient (Wildman–Crippen LogP) is 2.86. The second kappa shape index (κ2) is 3.89. The Balaban J connectivity index is 2.25. The Bertz CT molecular complexity index is 469. The lowest BCUT2D eigenvalue weighted by atomic mass is 10.1. The van der Waals surface area contributed by atoms with E-state index >= 15 is 0 Å². The average Bonchev–Trinajstić information content (AvgIpc) is 2.45. The molecule has 0 fully saturated rings. The van der Waals surface area contributed by atoms with Crippen LogP contribution < -0.4 is 0 Å². The molecule has 0 N–H and O–H groups in total. The van der Waals surface area contributed by atoms with Gasteiger partial charge in [0.15, 0.2) is 0 Å². The van der Waals surface area contributed by atoms with Gasteiger partial charge in [-0.25, -0.2) is 0 Å². The van der Waals surface area contributed by atoms with Crippen LogP contribution in [-0.4, -0.2) is 9.78 Å². The normalized spacial score (nSPS) is 10.6. The number of hydrogen-bond donors (Lipinski definition) is 0. The molecular weight excluding hydrogens is 184 g/mol. The van der Waals surface area contributed by atoms with Crippen LogP contribution in [-0.2, 0) is 6.54 Å². The van der Waals surface area contributed by atoms with Gasteiger partial charge in [-0.3, -0.25) is 4.68 Å². The van der Waals surface area contributed by atoms with Crippen LogP contribution in [0.4, 0.5) is 0 Å². The quantitative estimate of drug-likeness (QED) is 0.729. The lowest BCUT2D eigenvalue weighted by molar-refractivity contribution is 0.659. The van der Waals surface area contributed by atoms with E-state index in [0.29, 0.717) is 0 Å². The van der Waals surface area contributed by atoms with E-state index in [-0.39, 0.29) is 0 Å². The van der Waals surface area contributed by atoms with Gasteiger partial charge >= 0.3 is 0 Å². The number of nitrogens with zero attached hydrogens (tertiary/aromatic N) is 2. The van der Waals surface area contributed by atoms with Gasteiger partial charge in [-0.05, 0) is 32.4 Å². The van der Waals surface area contributed by atoms with Crippen molar-refractivity contribution in [2.24, 2.45) is 0 Å². The monoisotopic (exact) mass is 200 g/mol. The van der Waals surface area contributed by atoms with E-state index in [1.165, 1.54) is 16.8 Å². The smallest absolute Gasteiger partial charge is 0.0662 e. The van der Waals surface area contributed by atoms with E-state index in [2.05, 4.69) is 49.3 Å². The molecule has 2 rings (SSSR count). The maximum absolute atomic E-state index is 4.45. The maximum atomic E-state index is 4.45. The Morgan fingerprint density at radius 1 is 1.13 bits per heavy atom. The summed E-state index contributed by atoms with van der Waals surface area (Å²) < 4.78 is 2.05. The summed E-state index contributed by atoms with van der Waals surface area (Å²) in [4.78, 5) is 0. The summed E-state index contributed by atoms with van der Waals surface area (Å²) in [6.07, 6.45) is 0. The van der Waals surface area contributed by atoms with Gasteiger partial charge in [0.2, 0.25) is 0 Å². The van der Waals surface area contributed by atoms with Crippen LogP contribution >= 0.6 is 0 Å². The first kappa shape index (κ1) is 9.97. The molecule has 0 atom stereocenters. The standard InChI is InChI=1S/C13H16N2/c1-10-5-4-6-13(7-10)9-15-12(3)8-11(2)14-15/h4-8H,9H2,1-3H3. The minimum atomic E-state index is 0.862. The zero-order chi connectivity index (χ0) is 10.8. The molecule has 1 aromatic heterocycles. The van der Waals surface area contributed by atoms with Crippen molar-refractivity contribution < 1.29 is 0 Å². The van der Waals surface area contributed by atoms with Crippen molar-refractivity contribution in [2.45, 2.75) is 27.3 Å². The second-order valence-corrected chi connectivity index (χ2v) is 4.07. The molecule has 2 nitrogen and oxygen atoms in total. The Kier molecular flexibility index (Phi) is 2.58. The zero-order valence-electron chi connectivity index (χ0n) is 9.49. The lowest BCUT2D eigenvalue weighted by Gasteiger charge is -2.05. The van der Waals surface area contributed by atoms with Crippen molar-refractivity contribution in [3.8, 4) is 0 Å². The van der Waals surface area contributed by atoms with E-state index in [1.807, 2.05) is 11.6 Å². The molecule has 0 unspecified atom stereocenters. The van der Waals surface area contributed by atoms with E-state index in [0.717, 1.165) is 12.2 Å². The van der Waals surface area contributed by atoms with Gasteiger partial charge < -0.3 is 0 Å². The number of hydrogen-bond acceptors (Lipinski definition) is 1. The summed E-state index contributed by atoms with van der Waals surface area (Å²) in [6, 6.07) is 10.7. The molecule has 0 aliphatic heterocycles. The van der Waals surface area contributed by atoms with E-state index in [4.69, 9.17) is 0 Å². The van der Waals surface area contributed by atoms with E-state index < -0.39 is 0 Å². The third-order valence-corrected chi connectivity index (χ3v) is 2.52. The predicted molar refractivity (Wildman–Crippen MR) is 62.0 cm³/mol. The van der Waals surface area contributed by atoms with Gasteiger partial charge in [0.25, 0.3) is 0 Å². The van der Waals surface area contributed by atoms with Crippen LogP contribution in [0.5, 0.6) is 0 Å². The van der Waals surface area contributed by atoms with Crippen molar-refractivity contribution in [1.82, 2.24) is 9.78 Å². The van der Waals surface area contributed by atoms with Gasteiger partial charge in [-0.1, -0.05) is 29.8 Å². The SMILES string of the molecule is Cc1cccc(Cn2nc(C)cc2C)c1. The Hall–Kier alpha value is -1.57. The highest BCUT2D eigenvalue weighted by Gasteiger charge is 2.01. The first-order valence-corrected chi connectivity index (χ1v) is 5.22. The molecule has 0 saturated carbocycles. The molecule has 0 saturated heterocycles. The van der Waals surface area contributed by atoms with Crippen molar-refractivity contribution in [1.29, 1.82) is 0 Å². The molecule has 0 aliphatic rings. The van der Waals surface area contributed by atoms with Gasteiger partial charge in [0, 0.05) is 5.69 Å². The second-order valence-electron chi connectivity index (χ2n) is 4.07. The number of rotatable bonds is 2. The van der Waals surface area contributed by atoms with Crippen molar-refractivity contribution in [3.05, 3.63) is 52.8 Å². The summed E-state index contributed by atoms with van der Waals surface area (Å²) >= 11 is 0. The Morgan fingerprint density at radius 2 is 1.93 bits per heavy atom. The molecule has 0 amide bonds. The molecule has 0 spiro atoms. The number of aromatic nitrogens is 2. The zero-order valence-corrected chi connectivity index (χ0v) is 9.49. The molecule has 0 radical (unpaired) electrons. The van der Waals surface area contributed by atoms with Crippen LogP contribution in [0.15, 0.2) is 30.3 Å². The van der Waals surface area contributed by atoms with Crippen molar-refractivity contribution in [3.63, 3.8) is 0 Å². The molecule has 1 heterocycles. The largest absolute Gasteiger partial charge is 0.265 e. The summed E-state index contributed by atoms with van der Waals surface area (Å²) in [5.74, 6) is 0. The highest BCUT2D eigenvalue weighted by molar-refractivity contribution is 5.23. The Morgan fingerprint density at radius 3 is 2.53 bits per heavy atom. The molecular formula is C13H16N2. The van der Waals surface area contributed by atoms with Crippen LogP contribution in [0, 0.1) is 20.8 Å². The summed E-state index contributed by atoms with van der Waals surface area (Å²) in [5.41, 5.74) is 4.91. The van der Waals surface area contributed by atoms with Crippen LogP contribution in [0.2, 0.25) is 0 Å². The summed E-state index contributed by atoms with van der Waals surface area (Å²) in [7, 11) is 0. The fourth-order valence-electron chi connectivity index (χ4n) is 1.82. The number of aryl methyl sites for hydroxylation is 3.